The summed E-state index contributed by atoms with van der Waals surface area (Å²) in [6, 6.07) is 0. The van der Waals surface area contributed by atoms with Crippen LogP contribution in [0, 0.1) is 11.8 Å². The quantitative estimate of drug-likeness (QED) is 0.215. The molecule has 0 atom stereocenters. The number of hydrogen-bond donors (Lipinski definition) is 0. The largest absolute Gasteiger partial charge is 0.103 e. The molecule has 124 valence electrons. The van der Waals surface area contributed by atoms with E-state index < -0.39 is 0 Å². The highest BCUT2D eigenvalue weighted by atomic mass is 14.0. The molecule has 0 unspecified atom stereocenters. The fraction of sp³-hybridized carbons (Fsp3) is 0.905. The van der Waals surface area contributed by atoms with E-state index in [2.05, 4.69) is 25.7 Å². The molecular weight excluding hydrogens is 252 g/mol. The highest BCUT2D eigenvalue weighted by Gasteiger charge is 1.92. The van der Waals surface area contributed by atoms with Crippen molar-refractivity contribution in [3.63, 3.8) is 0 Å². The van der Waals surface area contributed by atoms with Crippen molar-refractivity contribution < 1.29 is 0 Å². The standard InChI is InChI=1S/C21H40/c1-3-5-7-9-11-13-15-17-19-21-20-18-16-14-12-10-8-6-4-2/h3-15,17,19-21H2,1-2H3. The Balaban J connectivity index is 3.05. The number of unbranched alkanes of at least 4 members (excludes halogenated alkanes) is 15. The number of rotatable bonds is 15. The zero-order valence-electron chi connectivity index (χ0n) is 15.0. The lowest BCUT2D eigenvalue weighted by Gasteiger charge is -2.00. The van der Waals surface area contributed by atoms with Gasteiger partial charge in [0.1, 0.15) is 0 Å². The van der Waals surface area contributed by atoms with Gasteiger partial charge in [0.15, 0.2) is 0 Å². The van der Waals surface area contributed by atoms with Crippen molar-refractivity contribution >= 4 is 0 Å². The molecule has 0 spiro atoms. The zero-order valence-corrected chi connectivity index (χ0v) is 15.0. The second-order valence-corrected chi connectivity index (χ2v) is 6.45. The molecule has 0 nitrogen and oxygen atoms in total. The maximum atomic E-state index is 3.35. The van der Waals surface area contributed by atoms with Crippen LogP contribution in [-0.4, -0.2) is 0 Å². The average molecular weight is 293 g/mol. The van der Waals surface area contributed by atoms with Crippen LogP contribution in [0.25, 0.3) is 0 Å². The summed E-state index contributed by atoms with van der Waals surface area (Å²) >= 11 is 0. The summed E-state index contributed by atoms with van der Waals surface area (Å²) < 4.78 is 0. The molecule has 0 aliphatic carbocycles. The Morgan fingerprint density at radius 3 is 1.00 bits per heavy atom. The molecule has 0 aromatic carbocycles. The van der Waals surface area contributed by atoms with Gasteiger partial charge in [0.25, 0.3) is 0 Å². The smallest absolute Gasteiger partial charge is 0.00886 e. The van der Waals surface area contributed by atoms with Crippen molar-refractivity contribution in [2.75, 3.05) is 0 Å². The van der Waals surface area contributed by atoms with Crippen LogP contribution in [-0.2, 0) is 0 Å². The predicted molar refractivity (Wildman–Crippen MR) is 97.6 cm³/mol. The third kappa shape index (κ3) is 19.6. The van der Waals surface area contributed by atoms with Crippen LogP contribution in [0.4, 0.5) is 0 Å². The molecule has 0 saturated heterocycles. The summed E-state index contributed by atoms with van der Waals surface area (Å²) in [5.74, 6) is 6.69. The molecule has 0 aromatic heterocycles. The van der Waals surface area contributed by atoms with Gasteiger partial charge in [0, 0.05) is 12.8 Å². The first-order valence-corrected chi connectivity index (χ1v) is 9.87. The monoisotopic (exact) mass is 292 g/mol. The maximum absolute atomic E-state index is 3.35. The first-order valence-electron chi connectivity index (χ1n) is 9.87. The Kier molecular flexibility index (Phi) is 19.2. The molecule has 0 amide bonds. The van der Waals surface area contributed by atoms with Gasteiger partial charge < -0.3 is 0 Å². The van der Waals surface area contributed by atoms with Crippen molar-refractivity contribution in [3.8, 4) is 11.8 Å². The Labute approximate surface area is 135 Å². The molecule has 21 heavy (non-hydrogen) atoms. The van der Waals surface area contributed by atoms with E-state index in [4.69, 9.17) is 0 Å². The third-order valence-electron chi connectivity index (χ3n) is 4.19. The van der Waals surface area contributed by atoms with E-state index >= 15 is 0 Å². The maximum Gasteiger partial charge on any atom is 0.00886 e. The summed E-state index contributed by atoms with van der Waals surface area (Å²) in [7, 11) is 0. The molecule has 0 rings (SSSR count). The molecule has 0 aliphatic heterocycles. The van der Waals surface area contributed by atoms with Gasteiger partial charge >= 0.3 is 0 Å². The highest BCUT2D eigenvalue weighted by molar-refractivity contribution is 4.98. The van der Waals surface area contributed by atoms with E-state index in [0.717, 1.165) is 12.8 Å². The summed E-state index contributed by atoms with van der Waals surface area (Å²) in [6.07, 6.45) is 23.2. The topological polar surface area (TPSA) is 0 Å². The molecule has 0 aromatic rings. The first kappa shape index (κ1) is 20.6. The predicted octanol–water partition coefficient (Wildman–Crippen LogP) is 7.66. The van der Waals surface area contributed by atoms with Crippen molar-refractivity contribution in [2.45, 2.75) is 123 Å². The second kappa shape index (κ2) is 19.6. The normalized spacial score (nSPS) is 10.4. The van der Waals surface area contributed by atoms with Gasteiger partial charge in [-0.25, -0.2) is 0 Å². The summed E-state index contributed by atoms with van der Waals surface area (Å²) in [5.41, 5.74) is 0. The van der Waals surface area contributed by atoms with Crippen molar-refractivity contribution in [2.24, 2.45) is 0 Å². The Hall–Kier alpha value is -0.440. The molecule has 0 bridgehead atoms. The van der Waals surface area contributed by atoms with Gasteiger partial charge in [-0.2, -0.15) is 0 Å². The zero-order chi connectivity index (χ0) is 15.4. The minimum absolute atomic E-state index is 1.13. The van der Waals surface area contributed by atoms with Crippen LogP contribution in [0.5, 0.6) is 0 Å². The minimum atomic E-state index is 1.13. The lowest BCUT2D eigenvalue weighted by atomic mass is 10.1. The van der Waals surface area contributed by atoms with Crippen molar-refractivity contribution in [1.82, 2.24) is 0 Å². The third-order valence-corrected chi connectivity index (χ3v) is 4.19. The summed E-state index contributed by atoms with van der Waals surface area (Å²) in [4.78, 5) is 0. The van der Waals surface area contributed by atoms with E-state index in [1.807, 2.05) is 0 Å². The Morgan fingerprint density at radius 1 is 0.381 bits per heavy atom. The second-order valence-electron chi connectivity index (χ2n) is 6.45. The molecule has 0 heterocycles. The molecule has 0 saturated carbocycles. The van der Waals surface area contributed by atoms with Gasteiger partial charge in [0.2, 0.25) is 0 Å². The fourth-order valence-corrected chi connectivity index (χ4v) is 2.69. The van der Waals surface area contributed by atoms with Gasteiger partial charge in [-0.05, 0) is 12.8 Å². The van der Waals surface area contributed by atoms with E-state index in [-0.39, 0.29) is 0 Å². The minimum Gasteiger partial charge on any atom is -0.103 e. The van der Waals surface area contributed by atoms with Crippen molar-refractivity contribution in [1.29, 1.82) is 0 Å². The molecule has 0 heteroatoms. The SMILES string of the molecule is CCCCCCCC#CCCCCCCCCCCCC. The van der Waals surface area contributed by atoms with Crippen LogP contribution in [0.15, 0.2) is 0 Å². The van der Waals surface area contributed by atoms with E-state index in [1.165, 1.54) is 96.3 Å². The van der Waals surface area contributed by atoms with Gasteiger partial charge in [0.05, 0.1) is 0 Å². The molecule has 0 radical (unpaired) electrons. The average Bonchev–Trinajstić information content (AvgIpc) is 2.50. The van der Waals surface area contributed by atoms with Crippen LogP contribution < -0.4 is 0 Å². The summed E-state index contributed by atoms with van der Waals surface area (Å²) in [6.45, 7) is 4.56. The van der Waals surface area contributed by atoms with Crippen LogP contribution in [0.1, 0.15) is 123 Å². The number of hydrogen-bond acceptors (Lipinski definition) is 0. The van der Waals surface area contributed by atoms with Gasteiger partial charge in [-0.3, -0.25) is 0 Å². The van der Waals surface area contributed by atoms with E-state index in [1.54, 1.807) is 0 Å². The summed E-state index contributed by atoms with van der Waals surface area (Å²) in [5, 5.41) is 0. The van der Waals surface area contributed by atoms with Gasteiger partial charge in [-0.15, -0.1) is 11.8 Å². The van der Waals surface area contributed by atoms with Crippen LogP contribution in [0.2, 0.25) is 0 Å². The van der Waals surface area contributed by atoms with Crippen LogP contribution in [0.3, 0.4) is 0 Å². The Bertz CT molecular complexity index is 230. The lowest BCUT2D eigenvalue weighted by Crippen LogP contribution is -1.81. The first-order chi connectivity index (χ1) is 10.4. The van der Waals surface area contributed by atoms with Gasteiger partial charge in [-0.1, -0.05) is 97.3 Å². The molecule has 0 aliphatic rings. The van der Waals surface area contributed by atoms with E-state index in [9.17, 15) is 0 Å². The molecule has 0 N–H and O–H groups in total. The Morgan fingerprint density at radius 2 is 0.667 bits per heavy atom. The molecular formula is C21H40. The van der Waals surface area contributed by atoms with E-state index in [0.29, 0.717) is 0 Å². The van der Waals surface area contributed by atoms with Crippen LogP contribution >= 0.6 is 0 Å². The van der Waals surface area contributed by atoms with Crippen molar-refractivity contribution in [3.05, 3.63) is 0 Å². The lowest BCUT2D eigenvalue weighted by molar-refractivity contribution is 0.558. The highest BCUT2D eigenvalue weighted by Crippen LogP contribution is 2.11. The molecule has 0 fully saturated rings. The fourth-order valence-electron chi connectivity index (χ4n) is 2.69.